The van der Waals surface area contributed by atoms with E-state index in [0.29, 0.717) is 17.2 Å². The van der Waals surface area contributed by atoms with E-state index in [1.807, 2.05) is 12.1 Å². The Morgan fingerprint density at radius 2 is 1.54 bits per heavy atom. The lowest BCUT2D eigenvalue weighted by Gasteiger charge is -2.25. The van der Waals surface area contributed by atoms with Crippen LogP contribution in [-0.4, -0.2) is 38.1 Å². The first-order chi connectivity index (χ1) is 11.6. The summed E-state index contributed by atoms with van der Waals surface area (Å²) in [5, 5.41) is 21.8. The number of fused-ring (bicyclic) bond motifs is 1. The zero-order valence-corrected chi connectivity index (χ0v) is 14.0. The molecule has 0 fully saturated rings. The zero-order chi connectivity index (χ0) is 17.3. The molecule has 0 saturated heterocycles. The summed E-state index contributed by atoms with van der Waals surface area (Å²) in [6, 6.07) is 7.09. The van der Waals surface area contributed by atoms with Crippen LogP contribution in [0.4, 0.5) is 0 Å². The van der Waals surface area contributed by atoms with Crippen molar-refractivity contribution in [2.75, 3.05) is 27.9 Å². The first-order valence-corrected chi connectivity index (χ1v) is 7.77. The molecule has 0 amide bonds. The van der Waals surface area contributed by atoms with Gasteiger partial charge in [0.05, 0.1) is 27.9 Å². The summed E-state index contributed by atoms with van der Waals surface area (Å²) in [5.74, 6) is 1.54. The Morgan fingerprint density at radius 1 is 0.917 bits per heavy atom. The number of methoxy groups -OCH3 is 3. The van der Waals surface area contributed by atoms with Gasteiger partial charge in [-0.2, -0.15) is 0 Å². The monoisotopic (exact) mass is 332 g/mol. The fourth-order valence-electron chi connectivity index (χ4n) is 3.27. The van der Waals surface area contributed by atoms with Gasteiger partial charge in [0, 0.05) is 17.5 Å². The number of phenolic OH excluding ortho intramolecular Hbond substituents is 2. The summed E-state index contributed by atoms with van der Waals surface area (Å²) in [7, 11) is 4.75. The van der Waals surface area contributed by atoms with Crippen LogP contribution in [0, 0.1) is 0 Å². The smallest absolute Gasteiger partial charge is 0.203 e. The fraction of sp³-hybridized carbons (Fsp3) is 0.333. The lowest BCUT2D eigenvalue weighted by molar-refractivity contribution is -0.690. The van der Waals surface area contributed by atoms with Gasteiger partial charge in [0.1, 0.15) is 6.04 Å². The molecule has 0 aromatic heterocycles. The Morgan fingerprint density at radius 3 is 2.12 bits per heavy atom. The number of ether oxygens (including phenoxy) is 3. The van der Waals surface area contributed by atoms with Gasteiger partial charge < -0.3 is 29.7 Å². The lowest BCUT2D eigenvalue weighted by Crippen LogP contribution is -2.87. The van der Waals surface area contributed by atoms with Gasteiger partial charge in [-0.25, -0.2) is 0 Å². The van der Waals surface area contributed by atoms with Crippen LogP contribution >= 0.6 is 0 Å². The average Bonchev–Trinajstić information content (AvgIpc) is 2.60. The van der Waals surface area contributed by atoms with E-state index in [2.05, 4.69) is 5.32 Å². The van der Waals surface area contributed by atoms with Crippen LogP contribution in [0.15, 0.2) is 24.3 Å². The molecule has 0 unspecified atom stereocenters. The molecule has 0 spiro atoms. The maximum Gasteiger partial charge on any atom is 0.203 e. The highest BCUT2D eigenvalue weighted by Gasteiger charge is 2.28. The minimum absolute atomic E-state index is 0.0195. The van der Waals surface area contributed by atoms with Crippen molar-refractivity contribution in [1.29, 1.82) is 0 Å². The summed E-state index contributed by atoms with van der Waals surface area (Å²) in [4.78, 5) is 0. The SMILES string of the molecule is COc1cc([C@H]2[NH2+]CCc3cc(O)c(O)cc32)cc(OC)c1OC. The van der Waals surface area contributed by atoms with Gasteiger partial charge in [-0.3, -0.25) is 0 Å². The van der Waals surface area contributed by atoms with Gasteiger partial charge in [-0.15, -0.1) is 0 Å². The molecule has 0 bridgehead atoms. The van der Waals surface area contributed by atoms with Gasteiger partial charge in [0.15, 0.2) is 23.0 Å². The molecule has 2 aromatic carbocycles. The summed E-state index contributed by atoms with van der Waals surface area (Å²) < 4.78 is 16.2. The van der Waals surface area contributed by atoms with E-state index < -0.39 is 0 Å². The molecule has 1 aliphatic rings. The fourth-order valence-corrected chi connectivity index (χ4v) is 3.27. The Balaban J connectivity index is 2.12. The molecule has 128 valence electrons. The highest BCUT2D eigenvalue weighted by atomic mass is 16.5. The minimum Gasteiger partial charge on any atom is -0.504 e. The van der Waals surface area contributed by atoms with Crippen LogP contribution in [0.1, 0.15) is 22.7 Å². The molecule has 1 atom stereocenters. The van der Waals surface area contributed by atoms with Crippen LogP contribution < -0.4 is 19.5 Å². The van der Waals surface area contributed by atoms with E-state index in [4.69, 9.17) is 14.2 Å². The summed E-state index contributed by atoms with van der Waals surface area (Å²) in [5.41, 5.74) is 2.99. The normalized spacial score (nSPS) is 16.4. The number of hydrogen-bond acceptors (Lipinski definition) is 5. The lowest BCUT2D eigenvalue weighted by atomic mass is 9.89. The van der Waals surface area contributed by atoms with Crippen molar-refractivity contribution in [3.8, 4) is 28.7 Å². The number of rotatable bonds is 4. The van der Waals surface area contributed by atoms with Gasteiger partial charge in [0.2, 0.25) is 5.75 Å². The molecule has 1 aliphatic heterocycles. The Kier molecular flexibility index (Phi) is 4.40. The molecule has 0 saturated carbocycles. The minimum atomic E-state index is -0.110. The highest BCUT2D eigenvalue weighted by molar-refractivity contribution is 5.56. The third-order valence-corrected chi connectivity index (χ3v) is 4.43. The molecule has 3 rings (SSSR count). The molecule has 0 radical (unpaired) electrons. The van der Waals surface area contributed by atoms with Crippen molar-refractivity contribution in [2.45, 2.75) is 12.5 Å². The van der Waals surface area contributed by atoms with Crippen LogP contribution in [0.25, 0.3) is 0 Å². The van der Waals surface area contributed by atoms with E-state index in [9.17, 15) is 10.2 Å². The third kappa shape index (κ3) is 2.69. The van der Waals surface area contributed by atoms with Gasteiger partial charge in [-0.1, -0.05) is 0 Å². The van der Waals surface area contributed by atoms with Crippen molar-refractivity contribution in [3.63, 3.8) is 0 Å². The van der Waals surface area contributed by atoms with Crippen LogP contribution in [0.3, 0.4) is 0 Å². The molecule has 6 nitrogen and oxygen atoms in total. The Hall–Kier alpha value is -2.60. The third-order valence-electron chi connectivity index (χ3n) is 4.43. The van der Waals surface area contributed by atoms with Crippen molar-refractivity contribution in [2.24, 2.45) is 0 Å². The average molecular weight is 332 g/mol. The van der Waals surface area contributed by atoms with Gasteiger partial charge in [-0.05, 0) is 29.8 Å². The number of phenols is 2. The standard InChI is InChI=1S/C18H21NO5/c1-22-15-7-11(8-16(23-2)18(15)24-3)17-12-9-14(21)13(20)6-10(12)4-5-19-17/h6-9,17,19-21H,4-5H2,1-3H3/p+1/t17-/m1/s1. The van der Waals surface area contributed by atoms with E-state index in [1.165, 1.54) is 0 Å². The highest BCUT2D eigenvalue weighted by Crippen LogP contribution is 2.41. The van der Waals surface area contributed by atoms with Crippen LogP contribution in [-0.2, 0) is 6.42 Å². The van der Waals surface area contributed by atoms with Gasteiger partial charge in [0.25, 0.3) is 0 Å². The van der Waals surface area contributed by atoms with E-state index in [-0.39, 0.29) is 17.5 Å². The summed E-state index contributed by atoms with van der Waals surface area (Å²) in [6.07, 6.45) is 0.837. The largest absolute Gasteiger partial charge is 0.504 e. The first-order valence-electron chi connectivity index (χ1n) is 7.77. The summed E-state index contributed by atoms with van der Waals surface area (Å²) in [6.45, 7) is 0.887. The number of quaternary nitrogens is 1. The van der Waals surface area contributed by atoms with Crippen molar-refractivity contribution < 1.29 is 29.7 Å². The zero-order valence-electron chi connectivity index (χ0n) is 14.0. The molecule has 6 heteroatoms. The maximum absolute atomic E-state index is 9.89. The first kappa shape index (κ1) is 16.3. The number of nitrogens with two attached hydrogens (primary N) is 1. The number of aromatic hydroxyl groups is 2. The number of hydrogen-bond donors (Lipinski definition) is 3. The van der Waals surface area contributed by atoms with Gasteiger partial charge >= 0.3 is 0 Å². The second kappa shape index (κ2) is 6.49. The summed E-state index contributed by atoms with van der Waals surface area (Å²) >= 11 is 0. The molecular formula is C18H22NO5+. The molecule has 4 N–H and O–H groups in total. The topological polar surface area (TPSA) is 84.8 Å². The second-order valence-corrected chi connectivity index (χ2v) is 5.75. The van der Waals surface area contributed by atoms with E-state index in [1.54, 1.807) is 33.5 Å². The maximum atomic E-state index is 9.89. The van der Waals surface area contributed by atoms with E-state index >= 15 is 0 Å². The molecule has 1 heterocycles. The van der Waals surface area contributed by atoms with Crippen molar-refractivity contribution in [3.05, 3.63) is 41.0 Å². The van der Waals surface area contributed by atoms with Crippen LogP contribution in [0.2, 0.25) is 0 Å². The van der Waals surface area contributed by atoms with Crippen LogP contribution in [0.5, 0.6) is 28.7 Å². The quantitative estimate of drug-likeness (QED) is 0.736. The predicted octanol–water partition coefficient (Wildman–Crippen LogP) is 1.33. The predicted molar refractivity (Wildman–Crippen MR) is 88.2 cm³/mol. The van der Waals surface area contributed by atoms with Crippen molar-refractivity contribution in [1.82, 2.24) is 0 Å². The molecular weight excluding hydrogens is 310 g/mol. The second-order valence-electron chi connectivity index (χ2n) is 5.75. The van der Waals surface area contributed by atoms with Crippen molar-refractivity contribution >= 4 is 0 Å². The molecule has 24 heavy (non-hydrogen) atoms. The Labute approximate surface area is 140 Å². The number of benzene rings is 2. The molecule has 0 aliphatic carbocycles. The van der Waals surface area contributed by atoms with E-state index in [0.717, 1.165) is 29.7 Å². The molecule has 2 aromatic rings. The Bertz CT molecular complexity index is 734.